The summed E-state index contributed by atoms with van der Waals surface area (Å²) in [6.07, 6.45) is -4.22. The van der Waals surface area contributed by atoms with Crippen LogP contribution in [0, 0.1) is 5.41 Å². The first-order chi connectivity index (χ1) is 13.5. The highest BCUT2D eigenvalue weighted by Crippen LogP contribution is 2.38. The molecule has 4 nitrogen and oxygen atoms in total. The third kappa shape index (κ3) is 6.65. The van der Waals surface area contributed by atoms with Crippen LogP contribution in [0.3, 0.4) is 0 Å². The lowest BCUT2D eigenvalue weighted by atomic mass is 9.84. The van der Waals surface area contributed by atoms with Gasteiger partial charge in [0.05, 0.1) is 12.2 Å². The van der Waals surface area contributed by atoms with Crippen LogP contribution in [0.2, 0.25) is 5.02 Å². The van der Waals surface area contributed by atoms with Gasteiger partial charge in [0.25, 0.3) is 0 Å². The van der Waals surface area contributed by atoms with Crippen molar-refractivity contribution in [2.45, 2.75) is 26.4 Å². The van der Waals surface area contributed by atoms with Crippen LogP contribution in [0.25, 0.3) is 0 Å². The molecular weight excluding hydrogens is 407 g/mol. The van der Waals surface area contributed by atoms with Gasteiger partial charge in [-0.3, -0.25) is 4.79 Å². The SMILES string of the molecule is COCCOc1ccc(NC(=O)C(C)(C)Cc2ccc(Cl)cc2)cc1C(F)(F)F. The van der Waals surface area contributed by atoms with E-state index in [1.54, 1.807) is 26.0 Å². The van der Waals surface area contributed by atoms with Crippen LogP contribution in [0.4, 0.5) is 18.9 Å². The van der Waals surface area contributed by atoms with Crippen molar-refractivity contribution in [1.29, 1.82) is 0 Å². The van der Waals surface area contributed by atoms with E-state index in [1.807, 2.05) is 12.1 Å². The van der Waals surface area contributed by atoms with Gasteiger partial charge in [-0.2, -0.15) is 13.2 Å². The summed E-state index contributed by atoms with van der Waals surface area (Å²) in [7, 11) is 1.43. The van der Waals surface area contributed by atoms with Crippen LogP contribution >= 0.6 is 11.6 Å². The number of nitrogens with one attached hydrogen (secondary N) is 1. The Balaban J connectivity index is 2.16. The fourth-order valence-corrected chi connectivity index (χ4v) is 2.81. The summed E-state index contributed by atoms with van der Waals surface area (Å²) in [5.74, 6) is -0.707. The van der Waals surface area contributed by atoms with Crippen LogP contribution in [0.1, 0.15) is 25.0 Å². The van der Waals surface area contributed by atoms with E-state index in [-0.39, 0.29) is 24.7 Å². The fraction of sp³-hybridized carbons (Fsp3) is 0.381. The Morgan fingerprint density at radius 3 is 2.31 bits per heavy atom. The number of alkyl halides is 3. The number of rotatable bonds is 8. The molecule has 0 saturated carbocycles. The minimum atomic E-state index is -4.62. The third-order valence-corrected chi connectivity index (χ3v) is 4.51. The number of anilines is 1. The Kier molecular flexibility index (Phi) is 7.54. The molecule has 2 aromatic rings. The number of methoxy groups -OCH3 is 1. The summed E-state index contributed by atoms with van der Waals surface area (Å²) >= 11 is 5.87. The average molecular weight is 430 g/mol. The third-order valence-electron chi connectivity index (χ3n) is 4.26. The van der Waals surface area contributed by atoms with Gasteiger partial charge in [-0.15, -0.1) is 0 Å². The summed E-state index contributed by atoms with van der Waals surface area (Å²) in [5.41, 5.74) is -0.861. The summed E-state index contributed by atoms with van der Waals surface area (Å²) in [4.78, 5) is 12.7. The quantitative estimate of drug-likeness (QED) is 0.556. The van der Waals surface area contributed by atoms with Gasteiger partial charge in [0.2, 0.25) is 5.91 Å². The number of halogens is 4. The average Bonchev–Trinajstić information content (AvgIpc) is 2.64. The maximum Gasteiger partial charge on any atom is 0.420 e. The molecule has 0 spiro atoms. The minimum Gasteiger partial charge on any atom is -0.491 e. The second-order valence-electron chi connectivity index (χ2n) is 7.19. The van der Waals surface area contributed by atoms with Crippen LogP contribution in [0.5, 0.6) is 5.75 Å². The Morgan fingerprint density at radius 2 is 1.72 bits per heavy atom. The van der Waals surface area contributed by atoms with Crippen molar-refractivity contribution in [3.05, 3.63) is 58.6 Å². The predicted octanol–water partition coefficient (Wildman–Crippen LogP) is 5.59. The molecule has 1 amide bonds. The zero-order valence-corrected chi connectivity index (χ0v) is 17.2. The van der Waals surface area contributed by atoms with Crippen molar-refractivity contribution in [3.63, 3.8) is 0 Å². The number of carbonyl (C=O) groups excluding carboxylic acids is 1. The molecule has 0 radical (unpaired) electrons. The van der Waals surface area contributed by atoms with Crippen LogP contribution in [-0.2, 0) is 22.1 Å². The molecule has 0 unspecified atom stereocenters. The number of benzene rings is 2. The largest absolute Gasteiger partial charge is 0.491 e. The first-order valence-corrected chi connectivity index (χ1v) is 9.29. The molecule has 158 valence electrons. The molecule has 1 N–H and O–H groups in total. The molecule has 0 aromatic heterocycles. The maximum atomic E-state index is 13.4. The van der Waals surface area contributed by atoms with Crippen LogP contribution < -0.4 is 10.1 Å². The Bertz CT molecular complexity index is 836. The summed E-state index contributed by atoms with van der Waals surface area (Å²) in [5, 5.41) is 3.16. The van der Waals surface area contributed by atoms with E-state index in [0.29, 0.717) is 11.4 Å². The molecule has 0 aliphatic rings. The molecule has 0 bridgehead atoms. The van der Waals surface area contributed by atoms with Crippen LogP contribution in [0.15, 0.2) is 42.5 Å². The minimum absolute atomic E-state index is 0.0145. The van der Waals surface area contributed by atoms with E-state index in [9.17, 15) is 18.0 Å². The number of hydrogen-bond acceptors (Lipinski definition) is 3. The van der Waals surface area contributed by atoms with E-state index in [1.165, 1.54) is 19.2 Å². The molecular formula is C21H23ClF3NO3. The number of amides is 1. The highest BCUT2D eigenvalue weighted by atomic mass is 35.5. The number of hydrogen-bond donors (Lipinski definition) is 1. The Morgan fingerprint density at radius 1 is 1.07 bits per heavy atom. The van der Waals surface area contributed by atoms with Gasteiger partial charge >= 0.3 is 6.18 Å². The zero-order chi connectivity index (χ0) is 21.7. The molecule has 0 fully saturated rings. The van der Waals surface area contributed by atoms with Gasteiger partial charge < -0.3 is 14.8 Å². The second kappa shape index (κ2) is 9.50. The van der Waals surface area contributed by atoms with E-state index in [2.05, 4.69) is 5.32 Å². The first kappa shape index (κ1) is 23.0. The normalized spacial score (nSPS) is 12.0. The second-order valence-corrected chi connectivity index (χ2v) is 7.63. The van der Waals surface area contributed by atoms with E-state index >= 15 is 0 Å². The van der Waals surface area contributed by atoms with Crippen molar-refractivity contribution in [1.82, 2.24) is 0 Å². The molecule has 0 heterocycles. The van der Waals surface area contributed by atoms with Gasteiger partial charge in [0.15, 0.2) is 0 Å². The van der Waals surface area contributed by atoms with Gasteiger partial charge in [-0.1, -0.05) is 37.6 Å². The van der Waals surface area contributed by atoms with Gasteiger partial charge in [0.1, 0.15) is 12.4 Å². The lowest BCUT2D eigenvalue weighted by molar-refractivity contribution is -0.139. The van der Waals surface area contributed by atoms with Crippen molar-refractivity contribution < 1.29 is 27.4 Å². The lowest BCUT2D eigenvalue weighted by Gasteiger charge is -2.24. The molecule has 0 aliphatic carbocycles. The number of carbonyl (C=O) groups is 1. The highest BCUT2D eigenvalue weighted by molar-refractivity contribution is 6.30. The summed E-state index contributed by atoms with van der Waals surface area (Å²) in [6, 6.07) is 10.5. The Labute approximate surface area is 173 Å². The highest BCUT2D eigenvalue weighted by Gasteiger charge is 2.35. The van der Waals surface area contributed by atoms with Crippen molar-refractivity contribution in [2.75, 3.05) is 25.6 Å². The topological polar surface area (TPSA) is 47.6 Å². The smallest absolute Gasteiger partial charge is 0.420 e. The van der Waals surface area contributed by atoms with Gasteiger partial charge in [-0.05, 0) is 42.3 Å². The maximum absolute atomic E-state index is 13.4. The van der Waals surface area contributed by atoms with E-state index in [0.717, 1.165) is 11.6 Å². The molecule has 8 heteroatoms. The molecule has 2 rings (SSSR count). The zero-order valence-electron chi connectivity index (χ0n) is 16.4. The predicted molar refractivity (Wildman–Crippen MR) is 106 cm³/mol. The first-order valence-electron chi connectivity index (χ1n) is 8.92. The molecule has 2 aromatic carbocycles. The van der Waals surface area contributed by atoms with Gasteiger partial charge in [0, 0.05) is 23.2 Å². The van der Waals surface area contributed by atoms with E-state index < -0.39 is 23.1 Å². The standard InChI is InChI=1S/C21H23ClF3NO3/c1-20(2,13-14-4-6-15(22)7-5-14)19(27)26-16-8-9-18(29-11-10-28-3)17(12-16)21(23,24)25/h4-9,12H,10-11,13H2,1-3H3,(H,26,27). The van der Waals surface area contributed by atoms with Gasteiger partial charge in [-0.25, -0.2) is 0 Å². The number of ether oxygens (including phenoxy) is 2. The van der Waals surface area contributed by atoms with Crippen molar-refractivity contribution in [2.24, 2.45) is 5.41 Å². The summed E-state index contributed by atoms with van der Waals surface area (Å²) in [6.45, 7) is 3.60. The monoisotopic (exact) mass is 429 g/mol. The molecule has 0 aliphatic heterocycles. The Hall–Kier alpha value is -2.25. The van der Waals surface area contributed by atoms with Crippen LogP contribution in [-0.4, -0.2) is 26.2 Å². The molecule has 0 atom stereocenters. The molecule has 29 heavy (non-hydrogen) atoms. The van der Waals surface area contributed by atoms with Crippen molar-refractivity contribution in [3.8, 4) is 5.75 Å². The fourth-order valence-electron chi connectivity index (χ4n) is 2.68. The molecule has 0 saturated heterocycles. The summed E-state index contributed by atoms with van der Waals surface area (Å²) < 4.78 is 50.1. The lowest BCUT2D eigenvalue weighted by Crippen LogP contribution is -2.32. The van der Waals surface area contributed by atoms with Crippen molar-refractivity contribution >= 4 is 23.2 Å². The van der Waals surface area contributed by atoms with E-state index in [4.69, 9.17) is 21.1 Å².